The van der Waals surface area contributed by atoms with Crippen molar-refractivity contribution < 1.29 is 28.7 Å². The standard InChI is InChI=1S/C38H45N3O5S3/c1-6-7-12-25-40-30-15-8-10-17-32(30)48-34(40)23-21-28-19-20-29(36(28)39(5)37(42)44-38(2,3)4)22-24-35-41(26-13-14-27-47-46-45-43)31-16-9-11-18-33(31)49-35/h8-11,15-24H,6-7,12-14,25-27H2,1-5H3. The number of likely N-dealkylation sites (N-methyl/N-ethyl adjacent to an activating group) is 1. The van der Waals surface area contributed by atoms with Gasteiger partial charge in [0.2, 0.25) is 5.52 Å². The molecule has 0 fully saturated rings. The number of fused-ring (bicyclic) bond motifs is 2. The molecular weight excluding hydrogens is 675 g/mol. The molecule has 0 atom stereocenters. The van der Waals surface area contributed by atoms with Gasteiger partial charge in [-0.25, -0.2) is 4.79 Å². The Morgan fingerprint density at radius 2 is 1.82 bits per heavy atom. The fourth-order valence-electron chi connectivity index (χ4n) is 5.72. The highest BCUT2D eigenvalue weighted by molar-refractivity contribution is 8.03. The van der Waals surface area contributed by atoms with Gasteiger partial charge in [0.1, 0.15) is 10.3 Å². The van der Waals surface area contributed by atoms with Crippen LogP contribution in [0.1, 0.15) is 64.8 Å². The summed E-state index contributed by atoms with van der Waals surface area (Å²) >= 11 is 4.54. The third-order valence-electron chi connectivity index (χ3n) is 8.00. The summed E-state index contributed by atoms with van der Waals surface area (Å²) in [6.07, 6.45) is 17.5. The number of allylic oxidation sites excluding steroid dienone is 6. The number of carbonyl (C=O) groups is 1. The highest BCUT2D eigenvalue weighted by atomic mass is 32.2. The average molecular weight is 720 g/mol. The molecule has 1 aromatic heterocycles. The summed E-state index contributed by atoms with van der Waals surface area (Å²) in [6.45, 7) is 9.66. The van der Waals surface area contributed by atoms with Crippen molar-refractivity contribution in [2.24, 2.45) is 0 Å². The van der Waals surface area contributed by atoms with Gasteiger partial charge in [-0.3, -0.25) is 9.94 Å². The summed E-state index contributed by atoms with van der Waals surface area (Å²) in [5.41, 5.74) is 4.46. The van der Waals surface area contributed by atoms with Crippen LogP contribution < -0.4 is 14.7 Å². The van der Waals surface area contributed by atoms with Gasteiger partial charge in [0.25, 0.3) is 5.01 Å². The molecule has 260 valence electrons. The molecule has 8 nitrogen and oxygen atoms in total. The second-order valence-electron chi connectivity index (χ2n) is 12.8. The van der Waals surface area contributed by atoms with E-state index in [1.807, 2.05) is 20.8 Å². The normalized spacial score (nSPS) is 16.2. The molecule has 11 heteroatoms. The van der Waals surface area contributed by atoms with E-state index in [9.17, 15) is 10.1 Å². The van der Waals surface area contributed by atoms with Gasteiger partial charge >= 0.3 is 6.09 Å². The molecule has 1 amide bonds. The van der Waals surface area contributed by atoms with Crippen molar-refractivity contribution in [2.75, 3.05) is 24.2 Å². The summed E-state index contributed by atoms with van der Waals surface area (Å²) in [7, 11) is 1.78. The minimum absolute atomic E-state index is 0.402. The first-order valence-corrected chi connectivity index (χ1v) is 19.3. The van der Waals surface area contributed by atoms with E-state index in [4.69, 9.17) is 4.74 Å². The molecule has 0 bridgehead atoms. The summed E-state index contributed by atoms with van der Waals surface area (Å²) in [5.74, 6) is 0.667. The first-order valence-electron chi connectivity index (χ1n) is 16.7. The molecule has 0 unspecified atom stereocenters. The van der Waals surface area contributed by atoms with E-state index in [0.29, 0.717) is 5.75 Å². The maximum absolute atomic E-state index is 13.4. The number of amides is 1. The number of unbranched alkanes of at least 4 members (excludes halogenated alkanes) is 3. The lowest BCUT2D eigenvalue weighted by Crippen LogP contribution is -2.35. The zero-order valence-corrected chi connectivity index (χ0v) is 31.3. The minimum atomic E-state index is -0.625. The van der Waals surface area contributed by atoms with Gasteiger partial charge in [0, 0.05) is 54.8 Å². The van der Waals surface area contributed by atoms with Crippen LogP contribution in [0.25, 0.3) is 16.3 Å². The highest BCUT2D eigenvalue weighted by Gasteiger charge is 2.28. The maximum Gasteiger partial charge on any atom is 0.414 e. The lowest BCUT2D eigenvalue weighted by atomic mass is 10.1. The van der Waals surface area contributed by atoms with Gasteiger partial charge in [0.05, 0.1) is 16.4 Å². The number of ether oxygens (including phenoxy) is 1. The summed E-state index contributed by atoms with van der Waals surface area (Å²) in [4.78, 5) is 18.6. The monoisotopic (exact) mass is 719 g/mol. The lowest BCUT2D eigenvalue weighted by molar-refractivity contribution is -0.777. The van der Waals surface area contributed by atoms with E-state index in [1.54, 1.807) is 35.0 Å². The summed E-state index contributed by atoms with van der Waals surface area (Å²) < 4.78 is 13.9. The van der Waals surface area contributed by atoms with E-state index in [0.717, 1.165) is 66.3 Å². The molecule has 0 spiro atoms. The van der Waals surface area contributed by atoms with E-state index in [-0.39, 0.29) is 0 Å². The van der Waals surface area contributed by atoms with Crippen LogP contribution in [-0.4, -0.2) is 35.9 Å². The number of hydrogen-bond donors (Lipinski definition) is 0. The number of carbonyl (C=O) groups excluding carboxylic acids is 1. The molecule has 2 aliphatic rings. The zero-order chi connectivity index (χ0) is 34.8. The maximum atomic E-state index is 13.4. The molecule has 3 aromatic rings. The fourth-order valence-corrected chi connectivity index (χ4v) is 8.33. The van der Waals surface area contributed by atoms with Gasteiger partial charge < -0.3 is 14.9 Å². The number of benzene rings is 2. The van der Waals surface area contributed by atoms with Crippen LogP contribution in [0.4, 0.5) is 10.5 Å². The van der Waals surface area contributed by atoms with Crippen molar-refractivity contribution in [3.63, 3.8) is 0 Å². The molecule has 2 aromatic carbocycles. The topological polar surface area (TPSA) is 78.2 Å². The summed E-state index contributed by atoms with van der Waals surface area (Å²) in [6, 6.07) is 17.0. The van der Waals surface area contributed by atoms with Crippen LogP contribution in [0.2, 0.25) is 0 Å². The number of thiazole rings is 1. The van der Waals surface area contributed by atoms with Gasteiger partial charge in [0.15, 0.2) is 6.54 Å². The number of aromatic nitrogens is 1. The Morgan fingerprint density at radius 3 is 2.61 bits per heavy atom. The first kappa shape index (κ1) is 36.9. The Hall–Kier alpha value is -3.32. The number of hydrogen-bond acceptors (Lipinski definition) is 9. The largest absolute Gasteiger partial charge is 0.691 e. The zero-order valence-electron chi connectivity index (χ0n) is 28.8. The molecule has 0 radical (unpaired) electrons. The Morgan fingerprint density at radius 1 is 1.02 bits per heavy atom. The van der Waals surface area contributed by atoms with Crippen molar-refractivity contribution in [1.29, 1.82) is 0 Å². The summed E-state index contributed by atoms with van der Waals surface area (Å²) in [5, 5.41) is 15.8. The number of aryl methyl sites for hydroxylation is 1. The van der Waals surface area contributed by atoms with Gasteiger partial charge in [-0.1, -0.05) is 78.9 Å². The van der Waals surface area contributed by atoms with Crippen molar-refractivity contribution >= 4 is 63.2 Å². The van der Waals surface area contributed by atoms with Crippen molar-refractivity contribution in [3.05, 3.63) is 106 Å². The first-order chi connectivity index (χ1) is 23.7. The number of nitrogens with zero attached hydrogens (tertiary/aromatic N) is 3. The number of rotatable bonds is 15. The van der Waals surface area contributed by atoms with Crippen LogP contribution in [0.5, 0.6) is 0 Å². The predicted molar refractivity (Wildman–Crippen MR) is 200 cm³/mol. The molecule has 1 aliphatic heterocycles. The van der Waals surface area contributed by atoms with E-state index < -0.39 is 11.7 Å². The molecule has 0 N–H and O–H groups in total. The molecule has 5 rings (SSSR count). The quantitative estimate of drug-likeness (QED) is 0.0506. The number of anilines is 1. The van der Waals surface area contributed by atoms with Crippen molar-refractivity contribution in [1.82, 2.24) is 4.90 Å². The van der Waals surface area contributed by atoms with Crippen LogP contribution in [-0.2, 0) is 20.7 Å². The van der Waals surface area contributed by atoms with Gasteiger partial charge in [-0.15, -0.1) is 0 Å². The Labute approximate surface area is 302 Å². The molecule has 0 saturated heterocycles. The van der Waals surface area contributed by atoms with Gasteiger partial charge in [-0.05, 0) is 81.5 Å². The van der Waals surface area contributed by atoms with E-state index >= 15 is 0 Å². The highest BCUT2D eigenvalue weighted by Crippen LogP contribution is 2.46. The SMILES string of the molecule is CCCCC[n+]1c(/C=C/C2=C(N(C)C(=O)OC(C)(C)C)C(=C/C=C3\Sc4ccccc4N3CCCCSOO[O-])/C=C2)sc2ccccc21. The number of thioether (sulfide) groups is 1. The molecule has 2 heterocycles. The van der Waals surface area contributed by atoms with Gasteiger partial charge in [-0.2, -0.15) is 8.90 Å². The molecular formula is C38H45N3O5S3. The van der Waals surface area contributed by atoms with E-state index in [2.05, 4.69) is 111 Å². The third-order valence-corrected chi connectivity index (χ3v) is 10.9. The smallest absolute Gasteiger partial charge is 0.414 e. The molecule has 49 heavy (non-hydrogen) atoms. The second-order valence-corrected chi connectivity index (χ2v) is 15.7. The Kier molecular flexibility index (Phi) is 13.2. The molecule has 1 aliphatic carbocycles. The average Bonchev–Trinajstić information content (AvgIpc) is 3.76. The van der Waals surface area contributed by atoms with Crippen LogP contribution in [0.3, 0.4) is 0 Å². The fraction of sp³-hybridized carbons (Fsp3) is 0.368. The third kappa shape index (κ3) is 9.68. The molecule has 0 saturated carbocycles. The van der Waals surface area contributed by atoms with Crippen LogP contribution in [0.15, 0.2) is 106 Å². The van der Waals surface area contributed by atoms with Crippen LogP contribution >= 0.6 is 35.1 Å². The predicted octanol–water partition coefficient (Wildman–Crippen LogP) is 9.12. The minimum Gasteiger partial charge on any atom is -0.691 e. The lowest BCUT2D eigenvalue weighted by Gasteiger charge is -2.26. The number of para-hydroxylation sites is 2. The van der Waals surface area contributed by atoms with Crippen LogP contribution in [0, 0.1) is 0 Å². The van der Waals surface area contributed by atoms with Crippen molar-refractivity contribution in [3.8, 4) is 0 Å². The van der Waals surface area contributed by atoms with Crippen molar-refractivity contribution in [2.45, 2.75) is 76.8 Å². The Bertz CT molecular complexity index is 1770. The van der Waals surface area contributed by atoms with E-state index in [1.165, 1.54) is 38.6 Å². The second kappa shape index (κ2) is 17.6. The Balaban J connectivity index is 1.47.